The average Bonchev–Trinajstić information content (AvgIpc) is 1.79. The molecule has 3 nitrogen and oxygen atoms in total. The van der Waals surface area contributed by atoms with Crippen molar-refractivity contribution >= 4 is 0 Å². The lowest BCUT2D eigenvalue weighted by atomic mass is 9.84. The maximum Gasteiger partial charge on any atom is 0.0920 e. The van der Waals surface area contributed by atoms with E-state index in [1.54, 1.807) is 0 Å². The van der Waals surface area contributed by atoms with Crippen LogP contribution in [0.15, 0.2) is 0 Å². The number of rotatable bonds is 3. The van der Waals surface area contributed by atoms with Crippen molar-refractivity contribution in [2.45, 2.75) is 13.3 Å². The predicted octanol–water partition coefficient (Wildman–Crippen LogP) is 0.903. The third kappa shape index (κ3) is 1.23. The van der Waals surface area contributed by atoms with E-state index in [0.29, 0.717) is 6.61 Å². The van der Waals surface area contributed by atoms with Crippen molar-refractivity contribution in [1.82, 2.24) is 0 Å². The second kappa shape index (κ2) is 2.64. The second-order valence-corrected chi connectivity index (χ2v) is 2.62. The van der Waals surface area contributed by atoms with Crippen LogP contribution in [0.3, 0.4) is 0 Å². The lowest BCUT2D eigenvalue weighted by Gasteiger charge is -2.39. The molecule has 0 aromatic heterocycles. The fourth-order valence-electron chi connectivity index (χ4n) is 0.917. The third-order valence-electron chi connectivity index (χ3n) is 1.94. The maximum absolute atomic E-state index is 8.14. The molecule has 0 saturated carbocycles. The normalized spacial score (nSPS) is 23.3. The molecular weight excluding hydrogens is 120 g/mol. The summed E-state index contributed by atoms with van der Waals surface area (Å²) in [7, 11) is 0. The van der Waals surface area contributed by atoms with Gasteiger partial charge in [-0.1, -0.05) is 6.92 Å². The Morgan fingerprint density at radius 2 is 2.33 bits per heavy atom. The van der Waals surface area contributed by atoms with Crippen LogP contribution < -0.4 is 0 Å². The highest BCUT2D eigenvalue weighted by Gasteiger charge is 2.37. The van der Waals surface area contributed by atoms with E-state index in [9.17, 15) is 0 Å². The standard InChI is InChI=1S/C6H12O3/c1-2-6(5-9-7)3-8-4-6/h7H,2-5H2,1H3. The van der Waals surface area contributed by atoms with E-state index >= 15 is 0 Å². The quantitative estimate of drug-likeness (QED) is 0.458. The van der Waals surface area contributed by atoms with Crippen LogP contribution in [0.4, 0.5) is 0 Å². The van der Waals surface area contributed by atoms with Crippen molar-refractivity contribution in [3.05, 3.63) is 0 Å². The lowest BCUT2D eigenvalue weighted by molar-refractivity contribution is -0.290. The zero-order valence-corrected chi connectivity index (χ0v) is 5.59. The number of hydrogen-bond acceptors (Lipinski definition) is 3. The first-order valence-electron chi connectivity index (χ1n) is 3.17. The van der Waals surface area contributed by atoms with Crippen molar-refractivity contribution in [2.24, 2.45) is 5.41 Å². The van der Waals surface area contributed by atoms with Gasteiger partial charge < -0.3 is 4.74 Å². The molecule has 0 aromatic carbocycles. The summed E-state index contributed by atoms with van der Waals surface area (Å²) in [5, 5.41) is 8.14. The SMILES string of the molecule is CCC1(COO)COC1. The molecule has 0 radical (unpaired) electrons. The highest BCUT2D eigenvalue weighted by molar-refractivity contribution is 4.83. The van der Waals surface area contributed by atoms with E-state index in [1.165, 1.54) is 0 Å². The molecular formula is C6H12O3. The van der Waals surface area contributed by atoms with Gasteiger partial charge in [-0.05, 0) is 6.42 Å². The molecule has 1 fully saturated rings. The largest absolute Gasteiger partial charge is 0.380 e. The lowest BCUT2D eigenvalue weighted by Crippen LogP contribution is -2.45. The highest BCUT2D eigenvalue weighted by atomic mass is 17.1. The Labute approximate surface area is 54.5 Å². The van der Waals surface area contributed by atoms with Gasteiger partial charge in [-0.15, -0.1) is 0 Å². The van der Waals surface area contributed by atoms with E-state index < -0.39 is 0 Å². The molecule has 1 N–H and O–H groups in total. The predicted molar refractivity (Wildman–Crippen MR) is 32.1 cm³/mol. The Bertz CT molecular complexity index is 82.8. The Morgan fingerprint density at radius 1 is 1.67 bits per heavy atom. The van der Waals surface area contributed by atoms with Crippen LogP contribution in [0.25, 0.3) is 0 Å². The van der Waals surface area contributed by atoms with E-state index in [0.717, 1.165) is 19.6 Å². The Balaban J connectivity index is 2.28. The van der Waals surface area contributed by atoms with Gasteiger partial charge in [0.2, 0.25) is 0 Å². The molecule has 3 heteroatoms. The summed E-state index contributed by atoms with van der Waals surface area (Å²) in [5.74, 6) is 0. The maximum atomic E-state index is 8.14. The van der Waals surface area contributed by atoms with E-state index in [4.69, 9.17) is 9.99 Å². The molecule has 0 bridgehead atoms. The van der Waals surface area contributed by atoms with Crippen LogP contribution in [0.5, 0.6) is 0 Å². The van der Waals surface area contributed by atoms with Crippen LogP contribution >= 0.6 is 0 Å². The summed E-state index contributed by atoms with van der Waals surface area (Å²) < 4.78 is 4.99. The summed E-state index contributed by atoms with van der Waals surface area (Å²) in [4.78, 5) is 4.06. The Hall–Kier alpha value is -0.120. The van der Waals surface area contributed by atoms with Gasteiger partial charge in [0, 0.05) is 5.41 Å². The molecule has 9 heavy (non-hydrogen) atoms. The molecule has 0 aromatic rings. The molecule has 1 heterocycles. The van der Waals surface area contributed by atoms with Gasteiger partial charge in [0.05, 0.1) is 19.8 Å². The third-order valence-corrected chi connectivity index (χ3v) is 1.94. The van der Waals surface area contributed by atoms with Crippen molar-refractivity contribution < 1.29 is 14.9 Å². The summed E-state index contributed by atoms with van der Waals surface area (Å²) in [6, 6.07) is 0. The fraction of sp³-hybridized carbons (Fsp3) is 1.00. The van der Waals surface area contributed by atoms with Crippen LogP contribution in [-0.2, 0) is 9.62 Å². The summed E-state index contributed by atoms with van der Waals surface area (Å²) in [6.45, 7) is 3.93. The highest BCUT2D eigenvalue weighted by Crippen LogP contribution is 2.30. The molecule has 0 aliphatic carbocycles. The van der Waals surface area contributed by atoms with E-state index in [1.807, 2.05) is 0 Å². The van der Waals surface area contributed by atoms with Gasteiger partial charge in [-0.3, -0.25) is 5.26 Å². The minimum absolute atomic E-state index is 0.120. The van der Waals surface area contributed by atoms with Crippen LogP contribution in [0, 0.1) is 5.41 Å². The number of ether oxygens (including phenoxy) is 1. The molecule has 0 amide bonds. The first-order chi connectivity index (χ1) is 4.33. The second-order valence-electron chi connectivity index (χ2n) is 2.62. The van der Waals surface area contributed by atoms with Crippen LogP contribution in [0.1, 0.15) is 13.3 Å². The first kappa shape index (κ1) is 6.99. The van der Waals surface area contributed by atoms with Crippen molar-refractivity contribution in [2.75, 3.05) is 19.8 Å². The van der Waals surface area contributed by atoms with Crippen LogP contribution in [-0.4, -0.2) is 25.1 Å². The van der Waals surface area contributed by atoms with Gasteiger partial charge in [-0.25, -0.2) is 4.89 Å². The average molecular weight is 132 g/mol. The zero-order chi connectivity index (χ0) is 6.74. The molecule has 0 spiro atoms. The van der Waals surface area contributed by atoms with Gasteiger partial charge >= 0.3 is 0 Å². The summed E-state index contributed by atoms with van der Waals surface area (Å²) in [6.07, 6.45) is 1.01. The summed E-state index contributed by atoms with van der Waals surface area (Å²) in [5.41, 5.74) is 0.120. The first-order valence-corrected chi connectivity index (χ1v) is 3.17. The van der Waals surface area contributed by atoms with Crippen molar-refractivity contribution in [1.29, 1.82) is 0 Å². The van der Waals surface area contributed by atoms with Gasteiger partial charge in [0.1, 0.15) is 0 Å². The summed E-state index contributed by atoms with van der Waals surface area (Å²) >= 11 is 0. The smallest absolute Gasteiger partial charge is 0.0920 e. The molecule has 1 saturated heterocycles. The minimum Gasteiger partial charge on any atom is -0.380 e. The molecule has 0 atom stereocenters. The number of hydrogen-bond donors (Lipinski definition) is 1. The van der Waals surface area contributed by atoms with Gasteiger partial charge in [0.25, 0.3) is 0 Å². The van der Waals surface area contributed by atoms with Gasteiger partial charge in [-0.2, -0.15) is 0 Å². The van der Waals surface area contributed by atoms with E-state index in [-0.39, 0.29) is 5.41 Å². The van der Waals surface area contributed by atoms with Crippen molar-refractivity contribution in [3.8, 4) is 0 Å². The molecule has 1 rings (SSSR count). The monoisotopic (exact) mass is 132 g/mol. The van der Waals surface area contributed by atoms with Gasteiger partial charge in [0.15, 0.2) is 0 Å². The van der Waals surface area contributed by atoms with E-state index in [2.05, 4.69) is 11.8 Å². The Morgan fingerprint density at radius 3 is 2.44 bits per heavy atom. The topological polar surface area (TPSA) is 38.7 Å². The minimum atomic E-state index is 0.120. The Kier molecular flexibility index (Phi) is 2.05. The molecule has 54 valence electrons. The van der Waals surface area contributed by atoms with Crippen LogP contribution in [0.2, 0.25) is 0 Å². The molecule has 0 unspecified atom stereocenters. The fourth-order valence-corrected chi connectivity index (χ4v) is 0.917. The molecule has 1 aliphatic rings. The zero-order valence-electron chi connectivity index (χ0n) is 5.59. The molecule has 1 aliphatic heterocycles. The van der Waals surface area contributed by atoms with Crippen molar-refractivity contribution in [3.63, 3.8) is 0 Å².